The number of ether oxygens (including phenoxy) is 1. The molecule has 0 saturated carbocycles. The molecule has 1 atom stereocenters. The minimum Gasteiger partial charge on any atom is -0.377 e. The lowest BCUT2D eigenvalue weighted by Gasteiger charge is -2.35. The molecule has 5 heterocycles. The summed E-state index contributed by atoms with van der Waals surface area (Å²) in [4.78, 5) is 29.8. The lowest BCUT2D eigenvalue weighted by molar-refractivity contribution is 0.0430. The highest BCUT2D eigenvalue weighted by atomic mass is 16.5. The first kappa shape index (κ1) is 25.7. The van der Waals surface area contributed by atoms with Crippen LogP contribution in [0.15, 0.2) is 36.8 Å². The van der Waals surface area contributed by atoms with Crippen molar-refractivity contribution in [2.45, 2.75) is 39.3 Å². The van der Waals surface area contributed by atoms with Gasteiger partial charge in [0.05, 0.1) is 17.8 Å². The number of carbonyl (C=O) groups is 1. The van der Waals surface area contributed by atoms with Crippen LogP contribution in [0.5, 0.6) is 0 Å². The molecule has 2 aliphatic heterocycles. The Hall–Kier alpha value is -3.60. The Labute approximate surface area is 228 Å². The largest absolute Gasteiger partial charge is 0.377 e. The fraction of sp³-hybridized carbons (Fsp3) is 0.448. The van der Waals surface area contributed by atoms with Crippen LogP contribution in [-0.2, 0) is 11.3 Å². The topological polar surface area (TPSA) is 115 Å². The molecule has 1 aromatic carbocycles. The summed E-state index contributed by atoms with van der Waals surface area (Å²) >= 11 is 0. The molecule has 1 amide bonds. The zero-order chi connectivity index (χ0) is 26.8. The molecule has 3 aromatic heterocycles. The number of amides is 1. The zero-order valence-corrected chi connectivity index (χ0v) is 22.7. The molecule has 10 heteroatoms. The average Bonchev–Trinajstić information content (AvgIpc) is 3.73. The average molecular weight is 529 g/mol. The maximum absolute atomic E-state index is 13.3. The number of hydrogen-bond acceptors (Lipinski definition) is 7. The van der Waals surface area contributed by atoms with Crippen LogP contribution in [0.1, 0.15) is 41.4 Å². The Morgan fingerprint density at radius 1 is 1.18 bits per heavy atom. The molecule has 2 fully saturated rings. The van der Waals surface area contributed by atoms with Gasteiger partial charge >= 0.3 is 0 Å². The number of rotatable bonds is 8. The molecule has 10 nitrogen and oxygen atoms in total. The summed E-state index contributed by atoms with van der Waals surface area (Å²) in [5.74, 6) is 0.555. The third-order valence-corrected chi connectivity index (χ3v) is 7.93. The van der Waals surface area contributed by atoms with E-state index in [0.29, 0.717) is 36.4 Å². The number of pyridine rings is 1. The number of H-pyrrole nitrogens is 2. The van der Waals surface area contributed by atoms with Crippen molar-refractivity contribution in [1.82, 2.24) is 40.3 Å². The highest BCUT2D eigenvalue weighted by Crippen LogP contribution is 2.31. The Kier molecular flexibility index (Phi) is 7.40. The summed E-state index contributed by atoms with van der Waals surface area (Å²) in [6.45, 7) is 10.9. The van der Waals surface area contributed by atoms with E-state index in [1.165, 1.54) is 11.1 Å². The van der Waals surface area contributed by atoms with E-state index in [1.807, 2.05) is 23.4 Å². The van der Waals surface area contributed by atoms with Crippen LogP contribution in [-0.4, -0.2) is 92.8 Å². The normalized spacial score (nSPS) is 18.3. The third kappa shape index (κ3) is 5.32. The predicted molar refractivity (Wildman–Crippen MR) is 150 cm³/mol. The third-order valence-electron chi connectivity index (χ3n) is 7.93. The summed E-state index contributed by atoms with van der Waals surface area (Å²) < 4.78 is 5.78. The molecule has 39 heavy (non-hydrogen) atoms. The second-order valence-electron chi connectivity index (χ2n) is 10.5. The molecule has 4 aromatic rings. The van der Waals surface area contributed by atoms with Crippen molar-refractivity contribution in [3.05, 3.63) is 53.6 Å². The van der Waals surface area contributed by atoms with Gasteiger partial charge in [-0.1, -0.05) is 13.0 Å². The molecule has 204 valence electrons. The van der Waals surface area contributed by atoms with Crippen molar-refractivity contribution >= 4 is 16.8 Å². The molecular formula is C29H36N8O2. The van der Waals surface area contributed by atoms with Crippen LogP contribution >= 0.6 is 0 Å². The maximum atomic E-state index is 13.3. The molecule has 3 N–H and O–H groups in total. The SMILES string of the molecule is CCNCc1cncc(-c2ccc3[nH]nc(-c4ncc(C(=O)N5CCN(CC6CCCO6)CC5)[nH]4)c3c2)c1C. The number of aromatic nitrogens is 5. The van der Waals surface area contributed by atoms with E-state index in [4.69, 9.17) is 4.74 Å². The summed E-state index contributed by atoms with van der Waals surface area (Å²) in [6, 6.07) is 6.23. The second-order valence-corrected chi connectivity index (χ2v) is 10.5. The van der Waals surface area contributed by atoms with Crippen molar-refractivity contribution in [3.63, 3.8) is 0 Å². The number of imidazole rings is 1. The molecule has 0 spiro atoms. The van der Waals surface area contributed by atoms with Crippen LogP contribution in [0.2, 0.25) is 0 Å². The van der Waals surface area contributed by atoms with Crippen LogP contribution in [0.4, 0.5) is 0 Å². The van der Waals surface area contributed by atoms with Crippen molar-refractivity contribution < 1.29 is 9.53 Å². The standard InChI is InChI=1S/C29H36N8O2/c1-3-30-14-21-15-31-16-24(19(21)2)20-6-7-25-23(13-20)27(35-34-25)28-32-17-26(33-28)29(38)37-10-8-36(9-11-37)18-22-5-4-12-39-22/h6-7,13,15-17,22,30H,3-5,8-12,14,18H2,1-2H3,(H,32,33)(H,34,35). The lowest BCUT2D eigenvalue weighted by Crippen LogP contribution is -2.50. The Morgan fingerprint density at radius 3 is 2.85 bits per heavy atom. The van der Waals surface area contributed by atoms with E-state index in [2.05, 4.69) is 61.3 Å². The minimum atomic E-state index is -0.0229. The number of fused-ring (bicyclic) bond motifs is 1. The van der Waals surface area contributed by atoms with Crippen molar-refractivity contribution in [2.24, 2.45) is 0 Å². The molecule has 2 aliphatic rings. The van der Waals surface area contributed by atoms with Gasteiger partial charge in [-0.3, -0.25) is 19.8 Å². The van der Waals surface area contributed by atoms with Crippen LogP contribution in [0.3, 0.4) is 0 Å². The zero-order valence-electron chi connectivity index (χ0n) is 22.7. The van der Waals surface area contributed by atoms with Gasteiger partial charge in [-0.05, 0) is 55.1 Å². The van der Waals surface area contributed by atoms with Gasteiger partial charge in [-0.25, -0.2) is 4.98 Å². The molecular weight excluding hydrogens is 492 g/mol. The van der Waals surface area contributed by atoms with Crippen molar-refractivity contribution in [2.75, 3.05) is 45.9 Å². The maximum Gasteiger partial charge on any atom is 0.272 e. The number of aromatic amines is 2. The van der Waals surface area contributed by atoms with Gasteiger partial charge in [0.25, 0.3) is 5.91 Å². The fourth-order valence-corrected chi connectivity index (χ4v) is 5.59. The minimum absolute atomic E-state index is 0.0229. The first-order chi connectivity index (χ1) is 19.1. The summed E-state index contributed by atoms with van der Waals surface area (Å²) in [7, 11) is 0. The Bertz CT molecular complexity index is 1450. The van der Waals surface area contributed by atoms with Gasteiger partial charge in [-0.15, -0.1) is 0 Å². The van der Waals surface area contributed by atoms with Gasteiger partial charge in [0.1, 0.15) is 11.4 Å². The predicted octanol–water partition coefficient (Wildman–Crippen LogP) is 3.37. The quantitative estimate of drug-likeness (QED) is 0.321. The number of benzene rings is 1. The van der Waals surface area contributed by atoms with Crippen molar-refractivity contribution in [3.8, 4) is 22.6 Å². The van der Waals surface area contributed by atoms with Crippen LogP contribution < -0.4 is 5.32 Å². The van der Waals surface area contributed by atoms with E-state index < -0.39 is 0 Å². The molecule has 6 rings (SSSR count). The number of nitrogens with zero attached hydrogens (tertiary/aromatic N) is 5. The van der Waals surface area contributed by atoms with Gasteiger partial charge in [-0.2, -0.15) is 5.10 Å². The molecule has 1 unspecified atom stereocenters. The van der Waals surface area contributed by atoms with E-state index in [1.54, 1.807) is 6.20 Å². The van der Waals surface area contributed by atoms with Crippen LogP contribution in [0.25, 0.3) is 33.5 Å². The van der Waals surface area contributed by atoms with Crippen LogP contribution in [0, 0.1) is 6.92 Å². The van der Waals surface area contributed by atoms with Gasteiger partial charge < -0.3 is 19.9 Å². The summed E-state index contributed by atoms with van der Waals surface area (Å²) in [6.07, 6.45) is 8.09. The van der Waals surface area contributed by atoms with Crippen molar-refractivity contribution in [1.29, 1.82) is 0 Å². The summed E-state index contributed by atoms with van der Waals surface area (Å²) in [5.41, 5.74) is 6.64. The molecule has 2 saturated heterocycles. The molecule has 0 aliphatic carbocycles. The highest BCUT2D eigenvalue weighted by molar-refractivity contribution is 5.96. The van der Waals surface area contributed by atoms with E-state index >= 15 is 0 Å². The molecule has 0 radical (unpaired) electrons. The summed E-state index contributed by atoms with van der Waals surface area (Å²) in [5, 5.41) is 12.0. The Balaban J connectivity index is 1.18. The first-order valence-corrected chi connectivity index (χ1v) is 13.9. The smallest absolute Gasteiger partial charge is 0.272 e. The van der Waals surface area contributed by atoms with Gasteiger partial charge in [0.15, 0.2) is 5.82 Å². The molecule has 0 bridgehead atoms. The van der Waals surface area contributed by atoms with Gasteiger partial charge in [0, 0.05) is 69.2 Å². The van der Waals surface area contributed by atoms with E-state index in [9.17, 15) is 4.79 Å². The van der Waals surface area contributed by atoms with Gasteiger partial charge in [0.2, 0.25) is 0 Å². The fourth-order valence-electron chi connectivity index (χ4n) is 5.59. The number of carbonyl (C=O) groups excluding carboxylic acids is 1. The van der Waals surface area contributed by atoms with E-state index in [-0.39, 0.29) is 5.91 Å². The monoisotopic (exact) mass is 528 g/mol. The number of piperazine rings is 1. The highest BCUT2D eigenvalue weighted by Gasteiger charge is 2.26. The first-order valence-electron chi connectivity index (χ1n) is 13.9. The number of hydrogen-bond donors (Lipinski definition) is 3. The second kappa shape index (κ2) is 11.3. The number of nitrogens with one attached hydrogen (secondary N) is 3. The Morgan fingerprint density at radius 2 is 2.05 bits per heavy atom. The lowest BCUT2D eigenvalue weighted by atomic mass is 9.98. The van der Waals surface area contributed by atoms with E-state index in [0.717, 1.165) is 74.2 Å².